The molecule has 0 aliphatic carbocycles. The Kier molecular flexibility index (Phi) is 4.21. The molecule has 19 heavy (non-hydrogen) atoms. The monoisotopic (exact) mass is 265 g/mol. The number of nitrogens with zero attached hydrogens (tertiary/aromatic N) is 1. The fourth-order valence-corrected chi connectivity index (χ4v) is 2.11. The molecule has 0 aromatic carbocycles. The van der Waals surface area contributed by atoms with Crippen molar-refractivity contribution in [1.29, 1.82) is 0 Å². The molecule has 0 saturated carbocycles. The van der Waals surface area contributed by atoms with Crippen molar-refractivity contribution >= 4 is 5.91 Å². The average Bonchev–Trinajstić information content (AvgIpc) is 2.77. The second-order valence-corrected chi connectivity index (χ2v) is 5.89. The lowest BCUT2D eigenvalue weighted by atomic mass is 10.1. The molecular formula is C13H23N5O. The van der Waals surface area contributed by atoms with Crippen LogP contribution in [-0.2, 0) is 13.0 Å². The molecule has 1 aliphatic rings. The molecule has 0 saturated heterocycles. The van der Waals surface area contributed by atoms with Crippen LogP contribution in [0.15, 0.2) is 0 Å². The van der Waals surface area contributed by atoms with Crippen molar-refractivity contribution in [3.05, 3.63) is 17.0 Å². The lowest BCUT2D eigenvalue weighted by Crippen LogP contribution is -2.41. The zero-order valence-corrected chi connectivity index (χ0v) is 11.9. The van der Waals surface area contributed by atoms with Crippen LogP contribution in [0.5, 0.6) is 0 Å². The van der Waals surface area contributed by atoms with Crippen molar-refractivity contribution < 1.29 is 4.79 Å². The van der Waals surface area contributed by atoms with E-state index in [2.05, 4.69) is 46.9 Å². The first-order valence-corrected chi connectivity index (χ1v) is 6.77. The van der Waals surface area contributed by atoms with E-state index in [0.29, 0.717) is 12.2 Å². The molecule has 6 nitrogen and oxygen atoms in total. The van der Waals surface area contributed by atoms with Crippen LogP contribution < -0.4 is 16.0 Å². The van der Waals surface area contributed by atoms with E-state index in [1.54, 1.807) is 0 Å². The summed E-state index contributed by atoms with van der Waals surface area (Å²) < 4.78 is 0. The fourth-order valence-electron chi connectivity index (χ4n) is 2.11. The Labute approximate surface area is 113 Å². The number of hydrogen-bond donors (Lipinski definition) is 4. The Morgan fingerprint density at radius 3 is 2.89 bits per heavy atom. The lowest BCUT2D eigenvalue weighted by molar-refractivity contribution is 0.0947. The maximum Gasteiger partial charge on any atom is 0.272 e. The van der Waals surface area contributed by atoms with E-state index in [1.807, 2.05) is 0 Å². The first kappa shape index (κ1) is 14.0. The first-order valence-electron chi connectivity index (χ1n) is 6.77. The number of hydrogen-bond acceptors (Lipinski definition) is 4. The van der Waals surface area contributed by atoms with Crippen LogP contribution in [0.2, 0.25) is 0 Å². The van der Waals surface area contributed by atoms with Crippen molar-refractivity contribution in [2.24, 2.45) is 0 Å². The van der Waals surface area contributed by atoms with Gasteiger partial charge in [-0.2, -0.15) is 5.10 Å². The fraction of sp³-hybridized carbons (Fsp3) is 0.692. The van der Waals surface area contributed by atoms with Crippen molar-refractivity contribution in [2.45, 2.75) is 39.3 Å². The number of aromatic amines is 1. The number of rotatable bonds is 4. The molecule has 0 bridgehead atoms. The van der Waals surface area contributed by atoms with Crippen LogP contribution in [-0.4, -0.2) is 41.3 Å². The number of aromatic nitrogens is 2. The van der Waals surface area contributed by atoms with Gasteiger partial charge in [-0.15, -0.1) is 0 Å². The number of fused-ring (bicyclic) bond motifs is 1. The molecule has 1 aromatic rings. The van der Waals surface area contributed by atoms with Gasteiger partial charge in [0.15, 0.2) is 5.69 Å². The van der Waals surface area contributed by atoms with Gasteiger partial charge in [-0.1, -0.05) is 0 Å². The molecule has 0 spiro atoms. The van der Waals surface area contributed by atoms with E-state index in [4.69, 9.17) is 0 Å². The summed E-state index contributed by atoms with van der Waals surface area (Å²) in [6.45, 7) is 9.31. The molecular weight excluding hydrogens is 242 g/mol. The summed E-state index contributed by atoms with van der Waals surface area (Å²) in [5.41, 5.74) is 2.68. The van der Waals surface area contributed by atoms with Crippen molar-refractivity contribution in [2.75, 3.05) is 19.6 Å². The highest BCUT2D eigenvalue weighted by atomic mass is 16.1. The van der Waals surface area contributed by atoms with Crippen LogP contribution in [0.4, 0.5) is 0 Å². The minimum absolute atomic E-state index is 0.0696. The minimum Gasteiger partial charge on any atom is -0.349 e. The zero-order chi connectivity index (χ0) is 13.9. The topological polar surface area (TPSA) is 81.8 Å². The van der Waals surface area contributed by atoms with Gasteiger partial charge in [0.1, 0.15) is 0 Å². The normalized spacial score (nSPS) is 15.1. The second-order valence-electron chi connectivity index (χ2n) is 5.89. The molecule has 2 rings (SSSR count). The van der Waals surface area contributed by atoms with Crippen LogP contribution >= 0.6 is 0 Å². The van der Waals surface area contributed by atoms with Crippen LogP contribution in [0.25, 0.3) is 0 Å². The summed E-state index contributed by atoms with van der Waals surface area (Å²) in [7, 11) is 0. The van der Waals surface area contributed by atoms with E-state index >= 15 is 0 Å². The smallest absolute Gasteiger partial charge is 0.272 e. The van der Waals surface area contributed by atoms with Crippen molar-refractivity contribution in [3.8, 4) is 0 Å². The molecule has 106 valence electrons. The number of amides is 1. The Bertz CT molecular complexity index is 446. The number of nitrogens with one attached hydrogen (secondary N) is 4. The summed E-state index contributed by atoms with van der Waals surface area (Å²) in [5.74, 6) is -0.100. The van der Waals surface area contributed by atoms with Gasteiger partial charge in [0.2, 0.25) is 0 Å². The molecule has 1 amide bonds. The van der Waals surface area contributed by atoms with E-state index in [9.17, 15) is 4.79 Å². The average molecular weight is 265 g/mol. The highest BCUT2D eigenvalue weighted by Crippen LogP contribution is 2.14. The first-order chi connectivity index (χ1) is 8.97. The highest BCUT2D eigenvalue weighted by molar-refractivity contribution is 5.94. The molecule has 2 heterocycles. The SMILES string of the molecule is CC(C)(C)NCCNC(=O)c1n[nH]c2c1CNCC2. The summed E-state index contributed by atoms with van der Waals surface area (Å²) >= 11 is 0. The van der Waals surface area contributed by atoms with Gasteiger partial charge in [-0.05, 0) is 20.8 Å². The Morgan fingerprint density at radius 2 is 2.16 bits per heavy atom. The standard InChI is InChI=1S/C13H23N5O/c1-13(2,3)16-7-6-15-12(19)11-9-8-14-5-4-10(9)17-18-11/h14,16H,4-8H2,1-3H3,(H,15,19)(H,17,18). The van der Waals surface area contributed by atoms with E-state index in [0.717, 1.165) is 37.3 Å². The van der Waals surface area contributed by atoms with Gasteiger partial charge in [-0.25, -0.2) is 0 Å². The Hall–Kier alpha value is -1.40. The van der Waals surface area contributed by atoms with E-state index < -0.39 is 0 Å². The molecule has 4 N–H and O–H groups in total. The summed E-state index contributed by atoms with van der Waals surface area (Å²) in [5, 5.41) is 16.6. The maximum atomic E-state index is 12.1. The summed E-state index contributed by atoms with van der Waals surface area (Å²) in [6.07, 6.45) is 0.904. The minimum atomic E-state index is -0.100. The third-order valence-electron chi connectivity index (χ3n) is 3.09. The van der Waals surface area contributed by atoms with Crippen LogP contribution in [0.3, 0.4) is 0 Å². The largest absolute Gasteiger partial charge is 0.349 e. The van der Waals surface area contributed by atoms with Crippen LogP contribution in [0.1, 0.15) is 42.5 Å². The molecule has 1 aromatic heterocycles. The molecule has 0 fully saturated rings. The third-order valence-corrected chi connectivity index (χ3v) is 3.09. The Balaban J connectivity index is 1.85. The number of carbonyl (C=O) groups is 1. The van der Waals surface area contributed by atoms with E-state index in [-0.39, 0.29) is 11.4 Å². The van der Waals surface area contributed by atoms with Gasteiger partial charge in [0, 0.05) is 49.4 Å². The van der Waals surface area contributed by atoms with E-state index in [1.165, 1.54) is 0 Å². The van der Waals surface area contributed by atoms with Crippen LogP contribution in [0, 0.1) is 0 Å². The van der Waals surface area contributed by atoms with Gasteiger partial charge >= 0.3 is 0 Å². The third kappa shape index (κ3) is 3.78. The number of carbonyl (C=O) groups excluding carboxylic acids is 1. The molecule has 1 aliphatic heterocycles. The quantitative estimate of drug-likeness (QED) is 0.585. The van der Waals surface area contributed by atoms with Gasteiger partial charge in [0.05, 0.1) is 0 Å². The predicted octanol–water partition coefficient (Wildman–Crippen LogP) is 0.173. The van der Waals surface area contributed by atoms with Crippen molar-refractivity contribution in [3.63, 3.8) is 0 Å². The maximum absolute atomic E-state index is 12.1. The Morgan fingerprint density at radius 1 is 1.37 bits per heavy atom. The molecule has 0 radical (unpaired) electrons. The lowest BCUT2D eigenvalue weighted by Gasteiger charge is -2.20. The zero-order valence-electron chi connectivity index (χ0n) is 11.9. The van der Waals surface area contributed by atoms with Gasteiger partial charge < -0.3 is 16.0 Å². The molecule has 0 atom stereocenters. The highest BCUT2D eigenvalue weighted by Gasteiger charge is 2.21. The number of H-pyrrole nitrogens is 1. The van der Waals surface area contributed by atoms with Gasteiger partial charge in [0.25, 0.3) is 5.91 Å². The van der Waals surface area contributed by atoms with Crippen molar-refractivity contribution in [1.82, 2.24) is 26.1 Å². The van der Waals surface area contributed by atoms with Gasteiger partial charge in [-0.3, -0.25) is 9.89 Å². The molecule has 0 unspecified atom stereocenters. The summed E-state index contributed by atoms with van der Waals surface area (Å²) in [6, 6.07) is 0. The summed E-state index contributed by atoms with van der Waals surface area (Å²) in [4.78, 5) is 12.1. The molecule has 6 heteroatoms. The second kappa shape index (κ2) is 5.71. The predicted molar refractivity (Wildman–Crippen MR) is 74.1 cm³/mol.